The predicted octanol–water partition coefficient (Wildman–Crippen LogP) is 2.87. The fourth-order valence-corrected chi connectivity index (χ4v) is 2.07. The van der Waals surface area contributed by atoms with Crippen LogP contribution in [0.1, 0.15) is 31.9 Å². The van der Waals surface area contributed by atoms with Crippen molar-refractivity contribution in [2.45, 2.75) is 26.3 Å². The van der Waals surface area contributed by atoms with Crippen LogP contribution in [0.15, 0.2) is 24.3 Å². The third-order valence-electron chi connectivity index (χ3n) is 3.26. The van der Waals surface area contributed by atoms with E-state index in [1.807, 2.05) is 6.07 Å². The summed E-state index contributed by atoms with van der Waals surface area (Å²) in [5, 5.41) is 0. The Balaban J connectivity index is 2.16. The van der Waals surface area contributed by atoms with Crippen molar-refractivity contribution in [2.75, 3.05) is 0 Å². The minimum absolute atomic E-state index is 0.0132. The molecule has 2 heteroatoms. The molecule has 2 rings (SSSR count). The van der Waals surface area contributed by atoms with Crippen LogP contribution in [-0.4, -0.2) is 0 Å². The van der Waals surface area contributed by atoms with Crippen molar-refractivity contribution in [3.63, 3.8) is 0 Å². The van der Waals surface area contributed by atoms with Crippen molar-refractivity contribution in [1.29, 1.82) is 0 Å². The molecule has 2 N–H and O–H groups in total. The second-order valence-corrected chi connectivity index (χ2v) is 4.88. The average Bonchev–Trinajstić information content (AvgIpc) is 2.74. The second kappa shape index (κ2) is 3.06. The zero-order valence-corrected chi connectivity index (χ0v) is 8.63. The van der Waals surface area contributed by atoms with Crippen LogP contribution in [0.3, 0.4) is 0 Å². The zero-order chi connectivity index (χ0) is 10.3. The molecule has 1 aliphatic rings. The van der Waals surface area contributed by atoms with Crippen molar-refractivity contribution < 1.29 is 4.39 Å². The minimum atomic E-state index is -0.198. The largest absolute Gasteiger partial charge is 0.324 e. The SMILES string of the molecule is CC1(C)CC1C(N)c1cccc(F)c1. The number of hydrogen-bond acceptors (Lipinski definition) is 1. The molecule has 1 fully saturated rings. The first kappa shape index (κ1) is 9.66. The number of halogens is 1. The number of benzene rings is 1. The molecule has 0 aromatic heterocycles. The summed E-state index contributed by atoms with van der Waals surface area (Å²) in [4.78, 5) is 0. The van der Waals surface area contributed by atoms with Gasteiger partial charge in [-0.05, 0) is 35.4 Å². The molecule has 2 atom stereocenters. The second-order valence-electron chi connectivity index (χ2n) is 4.88. The van der Waals surface area contributed by atoms with Gasteiger partial charge in [0, 0.05) is 6.04 Å². The molecule has 0 heterocycles. The molecule has 1 nitrogen and oxygen atoms in total. The van der Waals surface area contributed by atoms with Crippen LogP contribution in [-0.2, 0) is 0 Å². The van der Waals surface area contributed by atoms with Crippen LogP contribution in [0.5, 0.6) is 0 Å². The Morgan fingerprint density at radius 1 is 1.50 bits per heavy atom. The Kier molecular flexibility index (Phi) is 2.11. The van der Waals surface area contributed by atoms with Crippen LogP contribution >= 0.6 is 0 Å². The molecule has 1 aliphatic carbocycles. The van der Waals surface area contributed by atoms with Crippen LogP contribution in [0, 0.1) is 17.2 Å². The first-order chi connectivity index (χ1) is 6.50. The van der Waals surface area contributed by atoms with Crippen LogP contribution in [0.2, 0.25) is 0 Å². The van der Waals surface area contributed by atoms with Gasteiger partial charge in [0.2, 0.25) is 0 Å². The Labute approximate surface area is 84.1 Å². The van der Waals surface area contributed by atoms with Crippen LogP contribution < -0.4 is 5.73 Å². The molecule has 1 aromatic rings. The zero-order valence-electron chi connectivity index (χ0n) is 8.63. The van der Waals surface area contributed by atoms with Crippen molar-refractivity contribution >= 4 is 0 Å². The molecular weight excluding hydrogens is 177 g/mol. The summed E-state index contributed by atoms with van der Waals surface area (Å²) in [6.07, 6.45) is 1.14. The molecule has 2 unspecified atom stereocenters. The van der Waals surface area contributed by atoms with Gasteiger partial charge in [-0.1, -0.05) is 26.0 Å². The highest BCUT2D eigenvalue weighted by Gasteiger charge is 2.49. The Morgan fingerprint density at radius 3 is 2.64 bits per heavy atom. The highest BCUT2D eigenvalue weighted by atomic mass is 19.1. The summed E-state index contributed by atoms with van der Waals surface area (Å²) in [5.41, 5.74) is 7.33. The van der Waals surface area contributed by atoms with Gasteiger partial charge in [0.25, 0.3) is 0 Å². The van der Waals surface area contributed by atoms with E-state index in [1.54, 1.807) is 12.1 Å². The quantitative estimate of drug-likeness (QED) is 0.768. The van der Waals surface area contributed by atoms with Crippen LogP contribution in [0.25, 0.3) is 0 Å². The van der Waals surface area contributed by atoms with Gasteiger partial charge in [0.15, 0.2) is 0 Å². The lowest BCUT2D eigenvalue weighted by Crippen LogP contribution is -2.15. The first-order valence-electron chi connectivity index (χ1n) is 5.02. The maximum Gasteiger partial charge on any atom is 0.123 e. The van der Waals surface area contributed by atoms with E-state index < -0.39 is 0 Å². The average molecular weight is 193 g/mol. The summed E-state index contributed by atoms with van der Waals surface area (Å²) >= 11 is 0. The lowest BCUT2D eigenvalue weighted by atomic mass is 9.98. The van der Waals surface area contributed by atoms with Crippen molar-refractivity contribution in [1.82, 2.24) is 0 Å². The summed E-state index contributed by atoms with van der Waals surface area (Å²) in [7, 11) is 0. The molecule has 76 valence electrons. The lowest BCUT2D eigenvalue weighted by molar-refractivity contribution is 0.489. The highest BCUT2D eigenvalue weighted by molar-refractivity contribution is 5.23. The Hall–Kier alpha value is -0.890. The van der Waals surface area contributed by atoms with Gasteiger partial charge in [0.1, 0.15) is 5.82 Å². The van der Waals surface area contributed by atoms with E-state index in [-0.39, 0.29) is 11.9 Å². The predicted molar refractivity (Wildman–Crippen MR) is 55.2 cm³/mol. The molecule has 1 saturated carbocycles. The van der Waals surface area contributed by atoms with E-state index in [2.05, 4.69) is 13.8 Å². The van der Waals surface area contributed by atoms with E-state index in [1.165, 1.54) is 6.07 Å². The summed E-state index contributed by atoms with van der Waals surface area (Å²) in [6, 6.07) is 6.61. The first-order valence-corrected chi connectivity index (χ1v) is 5.02. The van der Waals surface area contributed by atoms with Gasteiger partial charge >= 0.3 is 0 Å². The van der Waals surface area contributed by atoms with E-state index in [0.717, 1.165) is 12.0 Å². The molecule has 0 amide bonds. The fourth-order valence-electron chi connectivity index (χ4n) is 2.07. The minimum Gasteiger partial charge on any atom is -0.324 e. The summed E-state index contributed by atoms with van der Waals surface area (Å²) in [5.74, 6) is 0.306. The molecular formula is C12H16FN. The number of rotatable bonds is 2. The maximum atomic E-state index is 12.9. The van der Waals surface area contributed by atoms with Gasteiger partial charge in [0.05, 0.1) is 0 Å². The molecule has 14 heavy (non-hydrogen) atoms. The third-order valence-corrected chi connectivity index (χ3v) is 3.26. The standard InChI is InChI=1S/C12H16FN/c1-12(2)7-10(12)11(14)8-4-3-5-9(13)6-8/h3-6,10-11H,7,14H2,1-2H3. The van der Waals surface area contributed by atoms with Crippen molar-refractivity contribution in [3.8, 4) is 0 Å². The van der Waals surface area contributed by atoms with Gasteiger partial charge < -0.3 is 5.73 Å². The smallest absolute Gasteiger partial charge is 0.123 e. The van der Waals surface area contributed by atoms with Gasteiger partial charge in [-0.3, -0.25) is 0 Å². The topological polar surface area (TPSA) is 26.0 Å². The normalized spacial score (nSPS) is 25.9. The van der Waals surface area contributed by atoms with E-state index in [0.29, 0.717) is 11.3 Å². The molecule has 0 radical (unpaired) electrons. The fraction of sp³-hybridized carbons (Fsp3) is 0.500. The Bertz CT molecular complexity index is 346. The molecule has 0 aliphatic heterocycles. The van der Waals surface area contributed by atoms with E-state index >= 15 is 0 Å². The van der Waals surface area contributed by atoms with Crippen molar-refractivity contribution in [2.24, 2.45) is 17.1 Å². The third kappa shape index (κ3) is 1.67. The lowest BCUT2D eigenvalue weighted by Gasteiger charge is -2.13. The van der Waals surface area contributed by atoms with Crippen LogP contribution in [0.4, 0.5) is 4.39 Å². The van der Waals surface area contributed by atoms with E-state index in [9.17, 15) is 4.39 Å². The highest BCUT2D eigenvalue weighted by Crippen LogP contribution is 2.56. The molecule has 0 bridgehead atoms. The summed E-state index contributed by atoms with van der Waals surface area (Å²) in [6.45, 7) is 4.41. The number of nitrogens with two attached hydrogens (primary N) is 1. The molecule has 1 aromatic carbocycles. The summed E-state index contributed by atoms with van der Waals surface area (Å²) < 4.78 is 12.9. The van der Waals surface area contributed by atoms with E-state index in [4.69, 9.17) is 5.73 Å². The number of hydrogen-bond donors (Lipinski definition) is 1. The Morgan fingerprint density at radius 2 is 2.14 bits per heavy atom. The molecule has 0 saturated heterocycles. The van der Waals surface area contributed by atoms with Crippen molar-refractivity contribution in [3.05, 3.63) is 35.6 Å². The van der Waals surface area contributed by atoms with Gasteiger partial charge in [-0.2, -0.15) is 0 Å². The maximum absolute atomic E-state index is 12.9. The van der Waals surface area contributed by atoms with Gasteiger partial charge in [-0.15, -0.1) is 0 Å². The molecule has 0 spiro atoms. The monoisotopic (exact) mass is 193 g/mol. The van der Waals surface area contributed by atoms with Gasteiger partial charge in [-0.25, -0.2) is 4.39 Å².